The highest BCUT2D eigenvalue weighted by Crippen LogP contribution is 2.37. The van der Waals surface area contributed by atoms with E-state index in [9.17, 15) is 9.18 Å². The normalized spacial score (nSPS) is 15.2. The summed E-state index contributed by atoms with van der Waals surface area (Å²) >= 11 is 12.7. The van der Waals surface area contributed by atoms with Crippen LogP contribution in [0.2, 0.25) is 10.0 Å². The second kappa shape index (κ2) is 7.53. The molecule has 4 rings (SSSR count). The highest BCUT2D eigenvalue weighted by Gasteiger charge is 2.31. The Hall–Kier alpha value is -2.84. The first kappa shape index (κ1) is 19.5. The van der Waals surface area contributed by atoms with Crippen LogP contribution in [-0.4, -0.2) is 38.0 Å². The van der Waals surface area contributed by atoms with E-state index in [0.717, 1.165) is 0 Å². The first-order valence-corrected chi connectivity index (χ1v) is 9.49. The third-order valence-electron chi connectivity index (χ3n) is 4.31. The molecule has 1 aliphatic rings. The Morgan fingerprint density at radius 3 is 2.83 bits per heavy atom. The molecule has 7 nitrogen and oxygen atoms in total. The van der Waals surface area contributed by atoms with Gasteiger partial charge in [-0.2, -0.15) is 0 Å². The van der Waals surface area contributed by atoms with Gasteiger partial charge in [-0.3, -0.25) is 9.98 Å². The summed E-state index contributed by atoms with van der Waals surface area (Å²) in [6.45, 7) is 3.63. The Labute approximate surface area is 175 Å². The highest BCUT2D eigenvalue weighted by molar-refractivity contribution is 6.45. The molecular weight excluding hydrogens is 420 g/mol. The SMILES string of the molecule is CCOC(=O)c1nc2n(n1)-c1ccc(Cl)c(Cl)c1C(c1ncccc1F)=NC2C. The minimum absolute atomic E-state index is 0.0288. The monoisotopic (exact) mass is 433 g/mol. The summed E-state index contributed by atoms with van der Waals surface area (Å²) in [5.74, 6) is -0.936. The van der Waals surface area contributed by atoms with Crippen LogP contribution in [0.5, 0.6) is 0 Å². The van der Waals surface area contributed by atoms with Gasteiger partial charge in [0.05, 0.1) is 28.1 Å². The third kappa shape index (κ3) is 3.28. The van der Waals surface area contributed by atoms with Crippen LogP contribution in [-0.2, 0) is 4.74 Å². The number of hydrogen-bond acceptors (Lipinski definition) is 6. The van der Waals surface area contributed by atoms with Gasteiger partial charge in [0, 0.05) is 11.8 Å². The van der Waals surface area contributed by atoms with E-state index in [1.807, 2.05) is 0 Å². The number of aromatic nitrogens is 4. The van der Waals surface area contributed by atoms with Crippen LogP contribution in [0.15, 0.2) is 35.5 Å². The zero-order valence-electron chi connectivity index (χ0n) is 15.4. The number of hydrogen-bond donors (Lipinski definition) is 0. The van der Waals surface area contributed by atoms with E-state index in [0.29, 0.717) is 17.1 Å². The van der Waals surface area contributed by atoms with E-state index >= 15 is 0 Å². The number of ether oxygens (including phenoxy) is 1. The van der Waals surface area contributed by atoms with Gasteiger partial charge < -0.3 is 4.74 Å². The number of esters is 1. The summed E-state index contributed by atoms with van der Waals surface area (Å²) in [6, 6.07) is 5.43. The molecule has 0 amide bonds. The molecule has 10 heteroatoms. The Morgan fingerprint density at radius 2 is 2.10 bits per heavy atom. The molecule has 2 aromatic heterocycles. The Bertz CT molecular complexity index is 1160. The Morgan fingerprint density at radius 1 is 1.31 bits per heavy atom. The molecule has 29 heavy (non-hydrogen) atoms. The maximum Gasteiger partial charge on any atom is 0.378 e. The average molecular weight is 434 g/mol. The van der Waals surface area contributed by atoms with Crippen molar-refractivity contribution in [2.75, 3.05) is 6.61 Å². The lowest BCUT2D eigenvalue weighted by Crippen LogP contribution is -2.13. The first-order valence-electron chi connectivity index (χ1n) is 8.73. The zero-order chi connectivity index (χ0) is 20.7. The second-order valence-electron chi connectivity index (χ2n) is 6.17. The van der Waals surface area contributed by atoms with Gasteiger partial charge in [0.25, 0.3) is 5.82 Å². The van der Waals surface area contributed by atoms with Gasteiger partial charge in [0.2, 0.25) is 0 Å². The molecule has 0 fully saturated rings. The maximum absolute atomic E-state index is 14.6. The second-order valence-corrected chi connectivity index (χ2v) is 6.95. The lowest BCUT2D eigenvalue weighted by Gasteiger charge is -2.13. The Kier molecular flexibility index (Phi) is 5.06. The molecule has 0 radical (unpaired) electrons. The molecule has 0 aliphatic carbocycles. The fourth-order valence-electron chi connectivity index (χ4n) is 3.05. The van der Waals surface area contributed by atoms with Gasteiger partial charge in [-0.1, -0.05) is 23.2 Å². The fourth-order valence-corrected chi connectivity index (χ4v) is 3.46. The van der Waals surface area contributed by atoms with E-state index in [1.54, 1.807) is 26.0 Å². The minimum Gasteiger partial charge on any atom is -0.460 e. The lowest BCUT2D eigenvalue weighted by molar-refractivity contribution is 0.0512. The van der Waals surface area contributed by atoms with Crippen LogP contribution in [0.1, 0.15) is 47.6 Å². The summed E-state index contributed by atoms with van der Waals surface area (Å²) in [5, 5.41) is 4.71. The van der Waals surface area contributed by atoms with Crippen LogP contribution in [0.25, 0.3) is 5.69 Å². The van der Waals surface area contributed by atoms with Crippen LogP contribution in [0.3, 0.4) is 0 Å². The molecule has 0 bridgehead atoms. The summed E-state index contributed by atoms with van der Waals surface area (Å²) in [4.78, 5) is 25.1. The van der Waals surface area contributed by atoms with Crippen LogP contribution >= 0.6 is 23.2 Å². The molecule has 0 N–H and O–H groups in total. The van der Waals surface area contributed by atoms with E-state index in [2.05, 4.69) is 20.1 Å². The van der Waals surface area contributed by atoms with Gasteiger partial charge in [0.1, 0.15) is 11.7 Å². The molecule has 1 atom stereocenters. The summed E-state index contributed by atoms with van der Waals surface area (Å²) < 4.78 is 21.0. The van der Waals surface area contributed by atoms with Crippen molar-refractivity contribution in [1.29, 1.82) is 0 Å². The topological polar surface area (TPSA) is 82.3 Å². The number of carbonyl (C=O) groups excluding carboxylic acids is 1. The van der Waals surface area contributed by atoms with E-state index in [4.69, 9.17) is 27.9 Å². The third-order valence-corrected chi connectivity index (χ3v) is 5.11. The van der Waals surface area contributed by atoms with Gasteiger partial charge in [-0.25, -0.2) is 18.9 Å². The molecule has 0 saturated carbocycles. The number of pyridine rings is 1. The predicted molar refractivity (Wildman–Crippen MR) is 106 cm³/mol. The summed E-state index contributed by atoms with van der Waals surface area (Å²) in [7, 11) is 0. The minimum atomic E-state index is -0.651. The number of rotatable bonds is 3. The quantitative estimate of drug-likeness (QED) is 0.578. The van der Waals surface area contributed by atoms with E-state index in [-0.39, 0.29) is 33.9 Å². The molecule has 0 saturated heterocycles. The van der Waals surface area contributed by atoms with Crippen molar-refractivity contribution in [2.24, 2.45) is 4.99 Å². The fraction of sp³-hybridized carbons (Fsp3) is 0.211. The van der Waals surface area contributed by atoms with Crippen molar-refractivity contribution >= 4 is 34.9 Å². The standard InChI is InChI=1S/C19H14Cl2FN5O2/c1-3-29-19(28)17-25-18-9(2)24-16(15-11(22)5-4-8-23-15)13-12(27(18)26-17)7-6-10(20)14(13)21/h4-9H,3H2,1-2H3. The maximum atomic E-state index is 14.6. The van der Waals surface area contributed by atoms with Gasteiger partial charge in [-0.15, -0.1) is 5.10 Å². The van der Waals surface area contributed by atoms with E-state index in [1.165, 1.54) is 23.0 Å². The largest absolute Gasteiger partial charge is 0.460 e. The van der Waals surface area contributed by atoms with Gasteiger partial charge in [0.15, 0.2) is 11.6 Å². The van der Waals surface area contributed by atoms with Crippen molar-refractivity contribution in [1.82, 2.24) is 19.7 Å². The summed E-state index contributed by atoms with van der Waals surface area (Å²) in [6.07, 6.45) is 1.46. The van der Waals surface area contributed by atoms with Crippen molar-refractivity contribution in [3.05, 3.63) is 69.2 Å². The molecule has 1 aliphatic heterocycles. The number of benzene rings is 1. The Balaban J connectivity index is 2.00. The highest BCUT2D eigenvalue weighted by atomic mass is 35.5. The molecule has 148 valence electrons. The smallest absolute Gasteiger partial charge is 0.378 e. The van der Waals surface area contributed by atoms with Crippen LogP contribution in [0.4, 0.5) is 4.39 Å². The number of halogens is 3. The summed E-state index contributed by atoms with van der Waals surface area (Å²) in [5.41, 5.74) is 1.05. The lowest BCUT2D eigenvalue weighted by atomic mass is 10.0. The van der Waals surface area contributed by atoms with Crippen molar-refractivity contribution < 1.29 is 13.9 Å². The number of nitrogens with zero attached hydrogens (tertiary/aromatic N) is 5. The molecule has 3 aromatic rings. The zero-order valence-corrected chi connectivity index (χ0v) is 16.9. The number of aliphatic imine (C=N–C) groups is 1. The molecule has 1 aromatic carbocycles. The molecule has 1 unspecified atom stereocenters. The van der Waals surface area contributed by atoms with Crippen molar-refractivity contribution in [3.8, 4) is 5.69 Å². The first-order chi connectivity index (χ1) is 13.9. The van der Waals surface area contributed by atoms with Crippen LogP contribution < -0.4 is 0 Å². The molecule has 3 heterocycles. The van der Waals surface area contributed by atoms with Crippen molar-refractivity contribution in [2.45, 2.75) is 19.9 Å². The number of carbonyl (C=O) groups is 1. The van der Waals surface area contributed by atoms with Gasteiger partial charge in [-0.05, 0) is 38.1 Å². The average Bonchev–Trinajstić information content (AvgIpc) is 3.10. The predicted octanol–water partition coefficient (Wildman–Crippen LogP) is 4.20. The molecular formula is C19H14Cl2FN5O2. The van der Waals surface area contributed by atoms with Crippen molar-refractivity contribution in [3.63, 3.8) is 0 Å². The van der Waals surface area contributed by atoms with Gasteiger partial charge >= 0.3 is 5.97 Å². The van der Waals surface area contributed by atoms with E-state index < -0.39 is 17.8 Å². The molecule has 0 spiro atoms. The van der Waals surface area contributed by atoms with Crippen LogP contribution in [0, 0.1) is 5.82 Å². The number of fused-ring (bicyclic) bond motifs is 3.